The maximum Gasteiger partial charge on any atom is 0.231 e. The fourth-order valence-corrected chi connectivity index (χ4v) is 3.60. The second kappa shape index (κ2) is 8.13. The van der Waals surface area contributed by atoms with Gasteiger partial charge in [-0.15, -0.1) is 0 Å². The minimum atomic E-state index is -0.153. The Bertz CT molecular complexity index is 1100. The lowest BCUT2D eigenvalue weighted by Crippen LogP contribution is -1.99. The summed E-state index contributed by atoms with van der Waals surface area (Å²) in [6.07, 6.45) is 1.70. The van der Waals surface area contributed by atoms with Gasteiger partial charge in [0.25, 0.3) is 0 Å². The fraction of sp³-hybridized carbons (Fsp3) is 0.125. The average molecular weight is 451 g/mol. The predicted molar refractivity (Wildman–Crippen MR) is 116 cm³/mol. The first-order valence-electron chi connectivity index (χ1n) is 9.15. The maximum atomic E-state index is 12.8. The van der Waals surface area contributed by atoms with E-state index in [1.54, 1.807) is 19.3 Å². The van der Waals surface area contributed by atoms with E-state index in [0.29, 0.717) is 29.4 Å². The van der Waals surface area contributed by atoms with E-state index in [2.05, 4.69) is 15.9 Å². The number of hydrogen-bond acceptors (Lipinski definition) is 4. The standard InChI is InChI=1S/C24H19BrO4/c1-15-20(28-14-16-6-4-3-5-7-16)11-9-19-23(26)22(29-24(15)19)13-17-12-18(25)8-10-21(17)27-2/h3-13H,14H2,1-2H3/b22-13-. The Balaban J connectivity index is 1.61. The molecule has 3 aromatic carbocycles. The third kappa shape index (κ3) is 3.91. The van der Waals surface area contributed by atoms with E-state index in [9.17, 15) is 4.79 Å². The molecule has 1 aliphatic rings. The molecule has 3 aromatic rings. The summed E-state index contributed by atoms with van der Waals surface area (Å²) < 4.78 is 18.2. The van der Waals surface area contributed by atoms with Gasteiger partial charge in [-0.25, -0.2) is 0 Å². The van der Waals surface area contributed by atoms with Crippen LogP contribution in [0, 0.1) is 6.92 Å². The quantitative estimate of drug-likeness (QED) is 0.449. The van der Waals surface area contributed by atoms with Crippen molar-refractivity contribution < 1.29 is 19.0 Å². The molecule has 1 aliphatic heterocycles. The monoisotopic (exact) mass is 450 g/mol. The molecule has 0 radical (unpaired) electrons. The van der Waals surface area contributed by atoms with Crippen molar-refractivity contribution in [2.75, 3.05) is 7.11 Å². The number of rotatable bonds is 5. The number of Topliss-reactive ketones (excluding diaryl/α,β-unsaturated/α-hetero) is 1. The molecular formula is C24H19BrO4. The largest absolute Gasteiger partial charge is 0.496 e. The number of fused-ring (bicyclic) bond motifs is 1. The van der Waals surface area contributed by atoms with Crippen molar-refractivity contribution in [1.82, 2.24) is 0 Å². The lowest BCUT2D eigenvalue weighted by molar-refractivity contribution is 0.101. The molecule has 0 atom stereocenters. The van der Waals surface area contributed by atoms with E-state index in [4.69, 9.17) is 14.2 Å². The van der Waals surface area contributed by atoms with Crippen LogP contribution in [-0.4, -0.2) is 12.9 Å². The van der Waals surface area contributed by atoms with Crippen LogP contribution in [0.5, 0.6) is 17.2 Å². The second-order valence-corrected chi connectivity index (χ2v) is 7.58. The third-order valence-electron chi connectivity index (χ3n) is 4.75. The zero-order valence-electron chi connectivity index (χ0n) is 16.1. The molecule has 29 heavy (non-hydrogen) atoms. The number of carbonyl (C=O) groups is 1. The lowest BCUT2D eigenvalue weighted by atomic mass is 10.1. The fourth-order valence-electron chi connectivity index (χ4n) is 3.22. The van der Waals surface area contributed by atoms with Crippen LogP contribution in [-0.2, 0) is 6.61 Å². The number of ether oxygens (including phenoxy) is 3. The Morgan fingerprint density at radius 2 is 1.79 bits per heavy atom. The molecular weight excluding hydrogens is 432 g/mol. The van der Waals surface area contributed by atoms with Gasteiger partial charge in [-0.05, 0) is 48.9 Å². The number of carbonyl (C=O) groups excluding carboxylic acids is 1. The van der Waals surface area contributed by atoms with Crippen molar-refractivity contribution in [3.05, 3.63) is 93.1 Å². The van der Waals surface area contributed by atoms with E-state index >= 15 is 0 Å². The summed E-state index contributed by atoms with van der Waals surface area (Å²) in [5.41, 5.74) is 3.18. The molecule has 4 nitrogen and oxygen atoms in total. The Labute approximate surface area is 177 Å². The van der Waals surface area contributed by atoms with Crippen LogP contribution in [0.3, 0.4) is 0 Å². The highest BCUT2D eigenvalue weighted by molar-refractivity contribution is 9.10. The zero-order chi connectivity index (χ0) is 20.4. The van der Waals surface area contributed by atoms with Crippen LogP contribution in [0.2, 0.25) is 0 Å². The van der Waals surface area contributed by atoms with Gasteiger partial charge < -0.3 is 14.2 Å². The maximum absolute atomic E-state index is 12.8. The molecule has 0 aliphatic carbocycles. The lowest BCUT2D eigenvalue weighted by Gasteiger charge is -2.11. The molecule has 1 heterocycles. The first-order chi connectivity index (χ1) is 14.1. The van der Waals surface area contributed by atoms with Crippen molar-refractivity contribution >= 4 is 27.8 Å². The summed E-state index contributed by atoms with van der Waals surface area (Å²) in [4.78, 5) is 12.8. The average Bonchev–Trinajstić information content (AvgIpc) is 3.05. The molecule has 0 aromatic heterocycles. The summed E-state index contributed by atoms with van der Waals surface area (Å²) in [5.74, 6) is 2.01. The van der Waals surface area contributed by atoms with Gasteiger partial charge in [0.1, 0.15) is 23.9 Å². The van der Waals surface area contributed by atoms with E-state index < -0.39 is 0 Å². The molecule has 0 amide bonds. The smallest absolute Gasteiger partial charge is 0.231 e. The van der Waals surface area contributed by atoms with Gasteiger partial charge >= 0.3 is 0 Å². The van der Waals surface area contributed by atoms with Crippen LogP contribution in [0.15, 0.2) is 70.9 Å². The van der Waals surface area contributed by atoms with E-state index in [0.717, 1.165) is 21.2 Å². The minimum absolute atomic E-state index is 0.153. The summed E-state index contributed by atoms with van der Waals surface area (Å²) in [6, 6.07) is 19.1. The highest BCUT2D eigenvalue weighted by Crippen LogP contribution is 2.40. The molecule has 5 heteroatoms. The van der Waals surface area contributed by atoms with Crippen LogP contribution in [0.1, 0.15) is 27.0 Å². The summed E-state index contributed by atoms with van der Waals surface area (Å²) >= 11 is 3.45. The highest BCUT2D eigenvalue weighted by Gasteiger charge is 2.30. The molecule has 0 unspecified atom stereocenters. The van der Waals surface area contributed by atoms with Gasteiger partial charge in [-0.2, -0.15) is 0 Å². The Morgan fingerprint density at radius 1 is 1.03 bits per heavy atom. The number of methoxy groups -OCH3 is 1. The molecule has 0 saturated carbocycles. The summed E-state index contributed by atoms with van der Waals surface area (Å²) in [5, 5.41) is 0. The van der Waals surface area contributed by atoms with Gasteiger partial charge in [0, 0.05) is 15.6 Å². The predicted octanol–water partition coefficient (Wildman–Crippen LogP) is 5.96. The van der Waals surface area contributed by atoms with Crippen LogP contribution < -0.4 is 14.2 Å². The van der Waals surface area contributed by atoms with Gasteiger partial charge in [0.15, 0.2) is 5.76 Å². The summed E-state index contributed by atoms with van der Waals surface area (Å²) in [6.45, 7) is 2.35. The van der Waals surface area contributed by atoms with E-state index in [1.165, 1.54) is 0 Å². The SMILES string of the molecule is COc1ccc(Br)cc1/C=C1\Oc2c(ccc(OCc3ccccc3)c2C)C1=O. The molecule has 0 fully saturated rings. The molecule has 0 saturated heterocycles. The van der Waals surface area contributed by atoms with Crippen molar-refractivity contribution in [1.29, 1.82) is 0 Å². The molecule has 146 valence electrons. The Kier molecular flexibility index (Phi) is 5.41. The van der Waals surface area contributed by atoms with Crippen molar-refractivity contribution in [3.63, 3.8) is 0 Å². The number of allylic oxidation sites excluding steroid dienone is 1. The molecule has 0 N–H and O–H groups in total. The minimum Gasteiger partial charge on any atom is -0.496 e. The number of benzene rings is 3. The van der Waals surface area contributed by atoms with Crippen molar-refractivity contribution in [3.8, 4) is 17.2 Å². The number of ketones is 1. The topological polar surface area (TPSA) is 44.8 Å². The second-order valence-electron chi connectivity index (χ2n) is 6.67. The molecule has 0 bridgehead atoms. The Hall–Kier alpha value is -3.05. The van der Waals surface area contributed by atoms with Crippen molar-refractivity contribution in [2.24, 2.45) is 0 Å². The van der Waals surface area contributed by atoms with Gasteiger partial charge in [0.05, 0.1) is 12.7 Å². The highest BCUT2D eigenvalue weighted by atomic mass is 79.9. The van der Waals surface area contributed by atoms with Crippen LogP contribution in [0.4, 0.5) is 0 Å². The first-order valence-corrected chi connectivity index (χ1v) is 9.94. The molecule has 4 rings (SSSR count). The van der Waals surface area contributed by atoms with E-state index in [-0.39, 0.29) is 11.5 Å². The van der Waals surface area contributed by atoms with Crippen LogP contribution in [0.25, 0.3) is 6.08 Å². The van der Waals surface area contributed by atoms with Gasteiger partial charge in [-0.1, -0.05) is 46.3 Å². The first kappa shape index (κ1) is 19.3. The number of halogens is 1. The van der Waals surface area contributed by atoms with Gasteiger partial charge in [0.2, 0.25) is 5.78 Å². The van der Waals surface area contributed by atoms with Gasteiger partial charge in [-0.3, -0.25) is 4.79 Å². The van der Waals surface area contributed by atoms with Crippen molar-refractivity contribution in [2.45, 2.75) is 13.5 Å². The number of hydrogen-bond donors (Lipinski definition) is 0. The Morgan fingerprint density at radius 3 is 2.55 bits per heavy atom. The normalized spacial score (nSPS) is 13.9. The molecule has 0 spiro atoms. The zero-order valence-corrected chi connectivity index (χ0v) is 17.7. The van der Waals surface area contributed by atoms with Crippen LogP contribution >= 0.6 is 15.9 Å². The van der Waals surface area contributed by atoms with E-state index in [1.807, 2.05) is 61.5 Å². The summed E-state index contributed by atoms with van der Waals surface area (Å²) in [7, 11) is 1.60. The third-order valence-corrected chi connectivity index (χ3v) is 5.25.